The highest BCUT2D eigenvalue weighted by Gasteiger charge is 2.40. The molecule has 1 amide bonds. The van der Waals surface area contributed by atoms with Crippen LogP contribution in [0.3, 0.4) is 0 Å². The molecule has 154 valence electrons. The Morgan fingerprint density at radius 1 is 1.30 bits per heavy atom. The summed E-state index contributed by atoms with van der Waals surface area (Å²) in [6.45, 7) is 2.85. The number of halogens is 5. The summed E-state index contributed by atoms with van der Waals surface area (Å²) in [4.78, 5) is 20.0. The van der Waals surface area contributed by atoms with Gasteiger partial charge in [-0.2, -0.15) is 13.2 Å². The molecular formula is C16H23Cl2F3N4O2. The molecule has 27 heavy (non-hydrogen) atoms. The molecule has 1 aliphatic heterocycles. The van der Waals surface area contributed by atoms with Crippen molar-refractivity contribution in [1.82, 2.24) is 20.6 Å². The Balaban J connectivity index is 0.00000182. The number of hydrogen-bond acceptors (Lipinski definition) is 5. The molecule has 6 nitrogen and oxygen atoms in total. The summed E-state index contributed by atoms with van der Waals surface area (Å²) >= 11 is 0. The van der Waals surface area contributed by atoms with Gasteiger partial charge in [-0.15, -0.1) is 24.8 Å². The lowest BCUT2D eigenvalue weighted by Crippen LogP contribution is -2.40. The van der Waals surface area contributed by atoms with Crippen molar-refractivity contribution in [2.45, 2.75) is 38.5 Å². The summed E-state index contributed by atoms with van der Waals surface area (Å²) in [6.07, 6.45) is -4.30. The minimum atomic E-state index is -4.56. The molecule has 3 N–H and O–H groups in total. The predicted molar refractivity (Wildman–Crippen MR) is 97.2 cm³/mol. The third-order valence-electron chi connectivity index (χ3n) is 4.87. The number of β-amino-alcohol motifs (C(OH)–C–C–N with tert-alkyl or cyclic N) is 1. The van der Waals surface area contributed by atoms with E-state index in [1.165, 1.54) is 6.92 Å². The van der Waals surface area contributed by atoms with Crippen molar-refractivity contribution in [1.29, 1.82) is 0 Å². The molecule has 1 saturated heterocycles. The Morgan fingerprint density at radius 2 is 2.00 bits per heavy atom. The number of alkyl halides is 3. The van der Waals surface area contributed by atoms with Crippen molar-refractivity contribution >= 4 is 30.7 Å². The third-order valence-corrected chi connectivity index (χ3v) is 4.87. The van der Waals surface area contributed by atoms with Crippen LogP contribution < -0.4 is 10.6 Å². The summed E-state index contributed by atoms with van der Waals surface area (Å²) in [5, 5.41) is 15.5. The van der Waals surface area contributed by atoms with Gasteiger partial charge in [0.2, 0.25) is 5.91 Å². The predicted octanol–water partition coefficient (Wildman–Crippen LogP) is 1.45. The van der Waals surface area contributed by atoms with Crippen LogP contribution in [0.15, 0.2) is 0 Å². The van der Waals surface area contributed by atoms with Gasteiger partial charge in [0.25, 0.3) is 0 Å². The van der Waals surface area contributed by atoms with Crippen LogP contribution in [-0.2, 0) is 23.8 Å². The van der Waals surface area contributed by atoms with Crippen LogP contribution in [-0.4, -0.2) is 46.7 Å². The highest BCUT2D eigenvalue weighted by molar-refractivity contribution is 5.85. The minimum Gasteiger partial charge on any atom is -0.391 e. The zero-order chi connectivity index (χ0) is 18.2. The van der Waals surface area contributed by atoms with E-state index >= 15 is 0 Å². The van der Waals surface area contributed by atoms with Gasteiger partial charge in [0.05, 0.1) is 6.10 Å². The molecule has 0 spiro atoms. The van der Waals surface area contributed by atoms with Crippen LogP contribution in [0.4, 0.5) is 13.2 Å². The zero-order valence-electron chi connectivity index (χ0n) is 14.7. The molecule has 0 bridgehead atoms. The van der Waals surface area contributed by atoms with Crippen LogP contribution in [0, 0.1) is 18.8 Å². The second-order valence-electron chi connectivity index (χ2n) is 6.71. The summed E-state index contributed by atoms with van der Waals surface area (Å²) in [5.41, 5.74) is -0.505. The number of nitrogens with zero attached hydrogens (tertiary/aromatic N) is 2. The van der Waals surface area contributed by atoms with Crippen LogP contribution in [0.1, 0.15) is 29.2 Å². The van der Waals surface area contributed by atoms with Crippen molar-refractivity contribution in [2.75, 3.05) is 19.6 Å². The fourth-order valence-corrected chi connectivity index (χ4v) is 3.50. The largest absolute Gasteiger partial charge is 0.433 e. The number of hydrogen-bond donors (Lipinski definition) is 3. The monoisotopic (exact) mass is 430 g/mol. The number of fused-ring (bicyclic) bond motifs is 1. The van der Waals surface area contributed by atoms with Gasteiger partial charge in [-0.25, -0.2) is 9.97 Å². The molecule has 3 atom stereocenters. The molecule has 2 aliphatic rings. The lowest BCUT2D eigenvalue weighted by Gasteiger charge is -2.26. The van der Waals surface area contributed by atoms with E-state index in [0.29, 0.717) is 38.2 Å². The van der Waals surface area contributed by atoms with Gasteiger partial charge in [-0.3, -0.25) is 4.79 Å². The van der Waals surface area contributed by atoms with Crippen LogP contribution in [0.2, 0.25) is 0 Å². The first-order chi connectivity index (χ1) is 11.8. The molecule has 1 fully saturated rings. The van der Waals surface area contributed by atoms with Crippen molar-refractivity contribution in [3.63, 3.8) is 0 Å². The molecule has 1 aromatic heterocycles. The maximum atomic E-state index is 13.3. The second-order valence-corrected chi connectivity index (χ2v) is 6.71. The van der Waals surface area contributed by atoms with Gasteiger partial charge in [0.15, 0.2) is 5.69 Å². The van der Waals surface area contributed by atoms with Crippen LogP contribution in [0.25, 0.3) is 0 Å². The maximum absolute atomic E-state index is 13.3. The van der Waals surface area contributed by atoms with Gasteiger partial charge in [0, 0.05) is 42.7 Å². The molecule has 0 radical (unpaired) electrons. The van der Waals surface area contributed by atoms with E-state index < -0.39 is 23.9 Å². The number of aliphatic hydroxyl groups excluding tert-OH is 1. The Hall–Kier alpha value is -1.16. The van der Waals surface area contributed by atoms with Crippen molar-refractivity contribution in [3.8, 4) is 0 Å². The van der Waals surface area contributed by atoms with E-state index in [0.717, 1.165) is 0 Å². The molecule has 1 aromatic rings. The number of aromatic nitrogens is 2. The molecular weight excluding hydrogens is 408 g/mol. The Bertz CT molecular complexity index is 676. The summed E-state index contributed by atoms with van der Waals surface area (Å²) in [7, 11) is 0. The van der Waals surface area contributed by atoms with Gasteiger partial charge in [-0.1, -0.05) is 0 Å². The van der Waals surface area contributed by atoms with Gasteiger partial charge >= 0.3 is 6.18 Å². The molecule has 11 heteroatoms. The van der Waals surface area contributed by atoms with Gasteiger partial charge in [0.1, 0.15) is 5.82 Å². The molecule has 3 rings (SSSR count). The Morgan fingerprint density at radius 3 is 2.59 bits per heavy atom. The minimum absolute atomic E-state index is 0. The summed E-state index contributed by atoms with van der Waals surface area (Å²) < 4.78 is 39.8. The van der Waals surface area contributed by atoms with Crippen LogP contribution in [0.5, 0.6) is 0 Å². The number of rotatable bonds is 3. The number of aliphatic hydroxyl groups is 1. The Labute approximate surface area is 167 Å². The quantitative estimate of drug-likeness (QED) is 0.675. The van der Waals surface area contributed by atoms with E-state index in [9.17, 15) is 23.1 Å². The number of aryl methyl sites for hydroxylation is 2. The van der Waals surface area contributed by atoms with Crippen molar-refractivity contribution in [3.05, 3.63) is 22.8 Å². The molecule has 2 heterocycles. The lowest BCUT2D eigenvalue weighted by molar-refractivity contribution is -0.142. The first-order valence-corrected chi connectivity index (χ1v) is 8.35. The van der Waals surface area contributed by atoms with Crippen LogP contribution >= 0.6 is 24.8 Å². The highest BCUT2D eigenvalue weighted by Crippen LogP contribution is 2.36. The van der Waals surface area contributed by atoms with Crippen molar-refractivity contribution in [2.24, 2.45) is 11.8 Å². The standard InChI is InChI=1S/C16H21F3N4O2.2ClH/c1-8-22-12-3-2-9(4-11(12)14(23-8)16(17,18)19)15(25)21-6-10-5-20-7-13(10)24;;/h9-10,13,20,24H,2-7H2,1H3,(H,21,25);2*1H. The van der Waals surface area contributed by atoms with E-state index in [1.54, 1.807) is 0 Å². The zero-order valence-corrected chi connectivity index (χ0v) is 16.3. The average molecular weight is 431 g/mol. The van der Waals surface area contributed by atoms with E-state index in [-0.39, 0.29) is 54.4 Å². The fraction of sp³-hybridized carbons (Fsp3) is 0.688. The normalized spacial score (nSPS) is 24.4. The second kappa shape index (κ2) is 9.36. The molecule has 0 saturated carbocycles. The fourth-order valence-electron chi connectivity index (χ4n) is 3.50. The summed E-state index contributed by atoms with van der Waals surface area (Å²) in [6, 6.07) is 0. The summed E-state index contributed by atoms with van der Waals surface area (Å²) in [5.74, 6) is -0.793. The smallest absolute Gasteiger partial charge is 0.391 e. The van der Waals surface area contributed by atoms with E-state index in [1.807, 2.05) is 0 Å². The lowest BCUT2D eigenvalue weighted by atomic mass is 9.84. The topological polar surface area (TPSA) is 87.1 Å². The van der Waals surface area contributed by atoms with Crippen molar-refractivity contribution < 1.29 is 23.1 Å². The number of amides is 1. The van der Waals surface area contributed by atoms with Gasteiger partial charge < -0.3 is 15.7 Å². The van der Waals surface area contributed by atoms with E-state index in [2.05, 4.69) is 20.6 Å². The molecule has 0 aromatic carbocycles. The van der Waals surface area contributed by atoms with Gasteiger partial charge in [-0.05, 0) is 26.2 Å². The SMILES string of the molecule is Cc1nc2c(c(C(F)(F)F)n1)CC(C(=O)NCC1CNCC1O)CC2.Cl.Cl. The number of nitrogens with one attached hydrogen (secondary N) is 2. The first kappa shape index (κ1) is 23.9. The first-order valence-electron chi connectivity index (χ1n) is 8.35. The number of carbonyl (C=O) groups excluding carboxylic acids is 1. The third kappa shape index (κ3) is 5.43. The molecule has 3 unspecified atom stereocenters. The maximum Gasteiger partial charge on any atom is 0.433 e. The molecule has 1 aliphatic carbocycles. The average Bonchev–Trinajstić information content (AvgIpc) is 2.95. The Kier molecular flexibility index (Phi) is 8.28. The van der Waals surface area contributed by atoms with E-state index in [4.69, 9.17) is 0 Å². The highest BCUT2D eigenvalue weighted by atomic mass is 35.5. The number of carbonyl (C=O) groups is 1.